The number of amides is 1. The van der Waals surface area contributed by atoms with Crippen molar-refractivity contribution in [3.8, 4) is 0 Å². The van der Waals surface area contributed by atoms with Gasteiger partial charge >= 0.3 is 5.97 Å². The molecule has 8 heteroatoms. The van der Waals surface area contributed by atoms with Crippen LogP contribution in [0.25, 0.3) is 0 Å². The Hall–Kier alpha value is -3.16. The number of pyridine rings is 2. The van der Waals surface area contributed by atoms with Crippen LogP contribution in [0.2, 0.25) is 0 Å². The highest BCUT2D eigenvalue weighted by Gasteiger charge is 2.27. The predicted octanol–water partition coefficient (Wildman–Crippen LogP) is 3.21. The van der Waals surface area contributed by atoms with E-state index in [1.54, 1.807) is 13.0 Å². The van der Waals surface area contributed by atoms with Gasteiger partial charge < -0.3 is 19.5 Å². The molecule has 3 heterocycles. The summed E-state index contributed by atoms with van der Waals surface area (Å²) in [5.41, 5.74) is 2.34. The first-order valence-corrected chi connectivity index (χ1v) is 11.0. The molecule has 1 aliphatic rings. The molecular weight excluding hydrogens is 408 g/mol. The van der Waals surface area contributed by atoms with E-state index in [2.05, 4.69) is 42.0 Å². The standard InChI is InChI=1S/C24H32N4O4.H2/c1-5-32-22(30)16-28-15-19(8-9-21(28)29)26-23(31)17-7-6-10-27(14-17)20-11-18(12-25-13-20)24(2,3)4;/h8-9,11-13,15,17H,5-7,10,14,16H2,1-4H3,(H,26,31);1H. The van der Waals surface area contributed by atoms with E-state index in [9.17, 15) is 14.4 Å². The minimum absolute atomic E-state index is 0. The predicted molar refractivity (Wildman–Crippen MR) is 126 cm³/mol. The maximum atomic E-state index is 13.0. The molecule has 174 valence electrons. The normalized spacial score (nSPS) is 16.5. The third-order valence-electron chi connectivity index (χ3n) is 5.60. The summed E-state index contributed by atoms with van der Waals surface area (Å²) in [4.78, 5) is 43.3. The molecule has 1 amide bonds. The van der Waals surface area contributed by atoms with E-state index in [0.717, 1.165) is 30.6 Å². The lowest BCUT2D eigenvalue weighted by atomic mass is 9.88. The second-order valence-electron chi connectivity index (χ2n) is 9.15. The molecule has 1 atom stereocenters. The number of ether oxygens (including phenoxy) is 1. The van der Waals surface area contributed by atoms with Crippen LogP contribution in [0.4, 0.5) is 11.4 Å². The number of rotatable bonds is 6. The highest BCUT2D eigenvalue weighted by atomic mass is 16.5. The molecule has 0 aliphatic carbocycles. The molecule has 0 aromatic carbocycles. The summed E-state index contributed by atoms with van der Waals surface area (Å²) in [6.07, 6.45) is 6.91. The molecule has 2 aromatic rings. The van der Waals surface area contributed by atoms with Crippen molar-refractivity contribution in [1.29, 1.82) is 0 Å². The van der Waals surface area contributed by atoms with Crippen LogP contribution >= 0.6 is 0 Å². The molecule has 1 unspecified atom stereocenters. The van der Waals surface area contributed by atoms with E-state index >= 15 is 0 Å². The summed E-state index contributed by atoms with van der Waals surface area (Å²) in [6.45, 7) is 9.71. The van der Waals surface area contributed by atoms with Crippen LogP contribution in [0.1, 0.15) is 47.5 Å². The van der Waals surface area contributed by atoms with Gasteiger partial charge in [0.25, 0.3) is 5.56 Å². The molecule has 8 nitrogen and oxygen atoms in total. The molecule has 0 spiro atoms. The Labute approximate surface area is 190 Å². The van der Waals surface area contributed by atoms with E-state index in [1.807, 2.05) is 12.4 Å². The van der Waals surface area contributed by atoms with Crippen molar-refractivity contribution < 1.29 is 15.8 Å². The number of nitrogens with zero attached hydrogens (tertiary/aromatic N) is 3. The Kier molecular flexibility index (Phi) is 7.33. The minimum atomic E-state index is -0.493. The number of anilines is 2. The molecule has 32 heavy (non-hydrogen) atoms. The van der Waals surface area contributed by atoms with Gasteiger partial charge in [-0.1, -0.05) is 20.8 Å². The van der Waals surface area contributed by atoms with Gasteiger partial charge in [0.05, 0.1) is 30.1 Å². The lowest BCUT2D eigenvalue weighted by Gasteiger charge is -2.34. The SMILES string of the molecule is CCOC(=O)Cn1cc(NC(=O)C2CCCN(c3cncc(C(C)(C)C)c3)C2)ccc1=O.[HH]. The molecular formula is C24H34N4O4. The summed E-state index contributed by atoms with van der Waals surface area (Å²) < 4.78 is 6.14. The van der Waals surface area contributed by atoms with Crippen molar-refractivity contribution in [2.75, 3.05) is 29.9 Å². The zero-order valence-corrected chi connectivity index (χ0v) is 19.3. The van der Waals surface area contributed by atoms with Crippen LogP contribution in [-0.4, -0.2) is 41.1 Å². The molecule has 1 saturated heterocycles. The second-order valence-corrected chi connectivity index (χ2v) is 9.15. The van der Waals surface area contributed by atoms with Gasteiger partial charge in [0.2, 0.25) is 5.91 Å². The zero-order valence-electron chi connectivity index (χ0n) is 19.3. The van der Waals surface area contributed by atoms with Gasteiger partial charge in [-0.05, 0) is 42.9 Å². The quantitative estimate of drug-likeness (QED) is 0.691. The van der Waals surface area contributed by atoms with Crippen molar-refractivity contribution in [1.82, 2.24) is 9.55 Å². The molecule has 1 fully saturated rings. The monoisotopic (exact) mass is 442 g/mol. The average Bonchev–Trinajstić information content (AvgIpc) is 2.76. The number of nitrogens with one attached hydrogen (secondary N) is 1. The number of hydrogen-bond donors (Lipinski definition) is 1. The summed E-state index contributed by atoms with van der Waals surface area (Å²) in [5, 5.41) is 2.90. The molecule has 0 saturated carbocycles. The second kappa shape index (κ2) is 9.97. The van der Waals surface area contributed by atoms with Gasteiger partial charge in [0, 0.05) is 33.0 Å². The summed E-state index contributed by atoms with van der Waals surface area (Å²) in [7, 11) is 0. The Balaban J connectivity index is 0.00000385. The number of aromatic nitrogens is 2. The lowest BCUT2D eigenvalue weighted by molar-refractivity contribution is -0.143. The smallest absolute Gasteiger partial charge is 0.326 e. The molecule has 0 bridgehead atoms. The third-order valence-corrected chi connectivity index (χ3v) is 5.60. The van der Waals surface area contributed by atoms with Crippen molar-refractivity contribution in [3.05, 3.63) is 52.7 Å². The average molecular weight is 443 g/mol. The van der Waals surface area contributed by atoms with E-state index in [1.165, 1.54) is 16.8 Å². The number of piperidine rings is 1. The molecule has 2 aromatic heterocycles. The van der Waals surface area contributed by atoms with Gasteiger partial charge in [-0.15, -0.1) is 0 Å². The van der Waals surface area contributed by atoms with Crippen LogP contribution in [0, 0.1) is 5.92 Å². The van der Waals surface area contributed by atoms with E-state index < -0.39 is 5.97 Å². The maximum Gasteiger partial charge on any atom is 0.326 e. The van der Waals surface area contributed by atoms with Crippen molar-refractivity contribution in [2.45, 2.75) is 52.5 Å². The van der Waals surface area contributed by atoms with E-state index in [0.29, 0.717) is 12.2 Å². The molecule has 0 radical (unpaired) electrons. The molecule has 3 rings (SSSR count). The Morgan fingerprint density at radius 3 is 2.78 bits per heavy atom. The summed E-state index contributed by atoms with van der Waals surface area (Å²) in [5.74, 6) is -0.782. The molecule has 1 aliphatic heterocycles. The van der Waals surface area contributed by atoms with Crippen LogP contribution in [0.15, 0.2) is 41.6 Å². The van der Waals surface area contributed by atoms with Crippen molar-refractivity contribution >= 4 is 23.3 Å². The first-order chi connectivity index (χ1) is 15.2. The maximum absolute atomic E-state index is 13.0. The van der Waals surface area contributed by atoms with Crippen molar-refractivity contribution in [2.24, 2.45) is 5.92 Å². The summed E-state index contributed by atoms with van der Waals surface area (Å²) in [6, 6.07) is 5.05. The van der Waals surface area contributed by atoms with E-state index in [-0.39, 0.29) is 37.4 Å². The minimum Gasteiger partial charge on any atom is -0.465 e. The van der Waals surface area contributed by atoms with Crippen LogP contribution in [0.5, 0.6) is 0 Å². The van der Waals surface area contributed by atoms with Gasteiger partial charge in [-0.2, -0.15) is 0 Å². The van der Waals surface area contributed by atoms with E-state index in [4.69, 9.17) is 4.74 Å². The van der Waals surface area contributed by atoms with Crippen molar-refractivity contribution in [3.63, 3.8) is 0 Å². The van der Waals surface area contributed by atoms with Gasteiger partial charge in [0.1, 0.15) is 6.54 Å². The number of hydrogen-bond acceptors (Lipinski definition) is 6. The highest BCUT2D eigenvalue weighted by molar-refractivity contribution is 5.93. The number of esters is 1. The first kappa shape index (κ1) is 23.5. The fraction of sp³-hybridized carbons (Fsp3) is 0.500. The van der Waals surface area contributed by atoms with Gasteiger partial charge in [0.15, 0.2) is 0 Å². The zero-order chi connectivity index (χ0) is 23.3. The van der Waals surface area contributed by atoms with Gasteiger partial charge in [-0.3, -0.25) is 19.4 Å². The fourth-order valence-corrected chi connectivity index (χ4v) is 3.76. The van der Waals surface area contributed by atoms with Crippen LogP contribution < -0.4 is 15.8 Å². The number of carbonyl (C=O) groups excluding carboxylic acids is 2. The highest BCUT2D eigenvalue weighted by Crippen LogP contribution is 2.28. The van der Waals surface area contributed by atoms with Crippen LogP contribution in [-0.2, 0) is 26.3 Å². The Morgan fingerprint density at radius 2 is 2.06 bits per heavy atom. The van der Waals surface area contributed by atoms with Gasteiger partial charge in [-0.25, -0.2) is 0 Å². The number of carbonyl (C=O) groups is 2. The Morgan fingerprint density at radius 1 is 1.28 bits per heavy atom. The third kappa shape index (κ3) is 5.96. The Bertz CT molecular complexity index is 1030. The topological polar surface area (TPSA) is 93.5 Å². The largest absolute Gasteiger partial charge is 0.465 e. The lowest BCUT2D eigenvalue weighted by Crippen LogP contribution is -2.41. The summed E-state index contributed by atoms with van der Waals surface area (Å²) >= 11 is 0. The fourth-order valence-electron chi connectivity index (χ4n) is 3.76. The van der Waals surface area contributed by atoms with Crippen LogP contribution in [0.3, 0.4) is 0 Å². The first-order valence-electron chi connectivity index (χ1n) is 11.0. The molecule has 1 N–H and O–H groups in total.